The summed E-state index contributed by atoms with van der Waals surface area (Å²) < 4.78 is 44.3. The van der Waals surface area contributed by atoms with Gasteiger partial charge in [0.1, 0.15) is 12.4 Å². The van der Waals surface area contributed by atoms with E-state index in [0.29, 0.717) is 13.1 Å². The van der Waals surface area contributed by atoms with Gasteiger partial charge in [0.25, 0.3) is 5.91 Å². The van der Waals surface area contributed by atoms with Crippen molar-refractivity contribution in [3.63, 3.8) is 0 Å². The van der Waals surface area contributed by atoms with Crippen LogP contribution in [0.1, 0.15) is 28.8 Å². The van der Waals surface area contributed by atoms with E-state index in [2.05, 4.69) is 11.9 Å². The average Bonchev–Trinajstić information content (AvgIpc) is 2.58. The summed E-state index contributed by atoms with van der Waals surface area (Å²) in [6.07, 6.45) is -1.30. The summed E-state index contributed by atoms with van der Waals surface area (Å²) in [7, 11) is 1.81. The lowest BCUT2D eigenvalue weighted by molar-refractivity contribution is -0.137. The van der Waals surface area contributed by atoms with Crippen molar-refractivity contribution in [2.24, 2.45) is 0 Å². The van der Waals surface area contributed by atoms with Crippen LogP contribution in [0.3, 0.4) is 0 Å². The number of carbonyl (C=O) groups excluding carboxylic acids is 1. The van der Waals surface area contributed by atoms with E-state index in [4.69, 9.17) is 4.74 Å². The maximum atomic E-state index is 13.0. The molecule has 1 unspecified atom stereocenters. The Morgan fingerprint density at radius 1 is 1.48 bits per heavy atom. The first-order chi connectivity index (χ1) is 11.4. The maximum absolute atomic E-state index is 13.0. The van der Waals surface area contributed by atoms with Crippen molar-refractivity contribution in [2.45, 2.75) is 25.1 Å². The third-order valence-electron chi connectivity index (χ3n) is 4.01. The molecule has 0 saturated carbocycles. The van der Waals surface area contributed by atoms with Gasteiger partial charge in [-0.1, -0.05) is 12.7 Å². The number of nitrogens with one attached hydrogen (secondary N) is 1. The van der Waals surface area contributed by atoms with Crippen LogP contribution >= 0.6 is 12.4 Å². The molecule has 8 heteroatoms. The SMILES string of the molecule is C=CCOc1ccc(C(F)(F)F)cc1C(=O)N1CCCC(NC)C1.Cl. The van der Waals surface area contributed by atoms with E-state index in [1.165, 1.54) is 12.1 Å². The number of rotatable bonds is 5. The van der Waals surface area contributed by atoms with Gasteiger partial charge < -0.3 is 15.0 Å². The summed E-state index contributed by atoms with van der Waals surface area (Å²) in [5, 5.41) is 3.11. The Bertz CT molecular complexity index is 608. The molecular weight excluding hydrogens is 357 g/mol. The standard InChI is InChI=1S/C17H21F3N2O2.ClH/c1-3-9-24-15-7-6-12(17(18,19)20)10-14(15)16(23)22-8-4-5-13(11-22)21-2;/h3,6-7,10,13,21H,1,4-5,8-9,11H2,2H3;1H. The number of benzene rings is 1. The smallest absolute Gasteiger partial charge is 0.416 e. The monoisotopic (exact) mass is 378 g/mol. The lowest BCUT2D eigenvalue weighted by atomic mass is 10.0. The molecule has 1 aromatic rings. The molecule has 1 aliphatic rings. The number of halogens is 4. The Morgan fingerprint density at radius 3 is 2.80 bits per heavy atom. The minimum Gasteiger partial charge on any atom is -0.489 e. The average molecular weight is 379 g/mol. The van der Waals surface area contributed by atoms with Gasteiger partial charge in [-0.2, -0.15) is 13.2 Å². The number of piperidine rings is 1. The van der Waals surface area contributed by atoms with Gasteiger partial charge >= 0.3 is 6.18 Å². The lowest BCUT2D eigenvalue weighted by Gasteiger charge is -2.33. The van der Waals surface area contributed by atoms with E-state index >= 15 is 0 Å². The Balaban J connectivity index is 0.00000312. The van der Waals surface area contributed by atoms with Gasteiger partial charge in [-0.25, -0.2) is 0 Å². The molecule has 25 heavy (non-hydrogen) atoms. The van der Waals surface area contributed by atoms with E-state index in [1.807, 2.05) is 7.05 Å². The lowest BCUT2D eigenvalue weighted by Crippen LogP contribution is -2.47. The van der Waals surface area contributed by atoms with E-state index in [-0.39, 0.29) is 36.4 Å². The molecule has 1 aromatic carbocycles. The Morgan fingerprint density at radius 2 is 2.20 bits per heavy atom. The highest BCUT2D eigenvalue weighted by molar-refractivity contribution is 5.97. The zero-order valence-corrected chi connectivity index (χ0v) is 14.8. The van der Waals surface area contributed by atoms with Gasteiger partial charge in [0.05, 0.1) is 11.1 Å². The van der Waals surface area contributed by atoms with Gasteiger partial charge in [-0.05, 0) is 38.1 Å². The number of ether oxygens (including phenoxy) is 1. The molecule has 1 N–H and O–H groups in total. The van der Waals surface area contributed by atoms with Crippen LogP contribution in [0.25, 0.3) is 0 Å². The summed E-state index contributed by atoms with van der Waals surface area (Å²) in [5.74, 6) is -0.306. The molecule has 1 amide bonds. The topological polar surface area (TPSA) is 41.6 Å². The normalized spacial score (nSPS) is 17.6. The third-order valence-corrected chi connectivity index (χ3v) is 4.01. The van der Waals surface area contributed by atoms with Crippen LogP contribution in [-0.4, -0.2) is 43.6 Å². The van der Waals surface area contributed by atoms with Crippen molar-refractivity contribution in [1.29, 1.82) is 0 Å². The minimum atomic E-state index is -4.51. The second-order valence-electron chi connectivity index (χ2n) is 5.69. The molecular formula is C17H22ClF3N2O2. The van der Waals surface area contributed by atoms with Gasteiger partial charge in [0.2, 0.25) is 0 Å². The number of likely N-dealkylation sites (N-methyl/N-ethyl adjacent to an activating group) is 1. The first-order valence-corrected chi connectivity index (χ1v) is 7.78. The molecule has 4 nitrogen and oxygen atoms in total. The van der Waals surface area contributed by atoms with Crippen LogP contribution in [-0.2, 0) is 6.18 Å². The van der Waals surface area contributed by atoms with Gasteiger partial charge in [0.15, 0.2) is 0 Å². The van der Waals surface area contributed by atoms with Crippen molar-refractivity contribution in [1.82, 2.24) is 10.2 Å². The van der Waals surface area contributed by atoms with Crippen LogP contribution in [0.4, 0.5) is 13.2 Å². The fourth-order valence-electron chi connectivity index (χ4n) is 2.72. The maximum Gasteiger partial charge on any atom is 0.416 e. The summed E-state index contributed by atoms with van der Waals surface area (Å²) in [6.45, 7) is 4.61. The summed E-state index contributed by atoms with van der Waals surface area (Å²) in [5.41, 5.74) is -0.928. The number of nitrogens with zero attached hydrogens (tertiary/aromatic N) is 1. The first kappa shape index (κ1) is 21.3. The van der Waals surface area contributed by atoms with Crippen molar-refractivity contribution in [3.05, 3.63) is 42.0 Å². The van der Waals surface area contributed by atoms with Crippen LogP contribution in [0.5, 0.6) is 5.75 Å². The Kier molecular flexibility index (Phi) is 7.76. The van der Waals surface area contributed by atoms with E-state index in [9.17, 15) is 18.0 Å². The number of amides is 1. The molecule has 1 saturated heterocycles. The summed E-state index contributed by atoms with van der Waals surface area (Å²) >= 11 is 0. The molecule has 0 aliphatic carbocycles. The zero-order valence-electron chi connectivity index (χ0n) is 13.9. The van der Waals surface area contributed by atoms with E-state index < -0.39 is 17.6 Å². The molecule has 1 heterocycles. The molecule has 0 radical (unpaired) electrons. The molecule has 1 aliphatic heterocycles. The minimum absolute atomic E-state index is 0. The van der Waals surface area contributed by atoms with Gasteiger partial charge in [-0.15, -0.1) is 12.4 Å². The largest absolute Gasteiger partial charge is 0.489 e. The van der Waals surface area contributed by atoms with Crippen molar-refractivity contribution < 1.29 is 22.7 Å². The van der Waals surface area contributed by atoms with E-state index in [1.54, 1.807) is 4.90 Å². The predicted molar refractivity (Wildman–Crippen MR) is 92.4 cm³/mol. The van der Waals surface area contributed by atoms with Gasteiger partial charge in [-0.3, -0.25) is 4.79 Å². The van der Waals surface area contributed by atoms with Crippen LogP contribution in [0, 0.1) is 0 Å². The molecule has 2 rings (SSSR count). The second-order valence-corrected chi connectivity index (χ2v) is 5.69. The van der Waals surface area contributed by atoms with Crippen LogP contribution in [0.2, 0.25) is 0 Å². The highest BCUT2D eigenvalue weighted by atomic mass is 35.5. The third kappa shape index (κ3) is 5.37. The predicted octanol–water partition coefficient (Wildman–Crippen LogP) is 3.52. The van der Waals surface area contributed by atoms with E-state index in [0.717, 1.165) is 25.0 Å². The number of carbonyl (C=O) groups is 1. The fourth-order valence-corrected chi connectivity index (χ4v) is 2.72. The second kappa shape index (κ2) is 9.10. The quantitative estimate of drug-likeness (QED) is 0.797. The molecule has 0 bridgehead atoms. The van der Waals surface area contributed by atoms with Crippen LogP contribution < -0.4 is 10.1 Å². The molecule has 1 atom stereocenters. The number of likely N-dealkylation sites (tertiary alicyclic amines) is 1. The highest BCUT2D eigenvalue weighted by Crippen LogP contribution is 2.33. The van der Waals surface area contributed by atoms with Crippen molar-refractivity contribution in [2.75, 3.05) is 26.7 Å². The first-order valence-electron chi connectivity index (χ1n) is 7.78. The fraction of sp³-hybridized carbons (Fsp3) is 0.471. The Labute approximate surface area is 151 Å². The number of hydrogen-bond donors (Lipinski definition) is 1. The molecule has 0 aromatic heterocycles. The molecule has 0 spiro atoms. The molecule has 140 valence electrons. The van der Waals surface area contributed by atoms with Gasteiger partial charge in [0, 0.05) is 19.1 Å². The highest BCUT2D eigenvalue weighted by Gasteiger charge is 2.33. The van der Waals surface area contributed by atoms with Crippen molar-refractivity contribution in [3.8, 4) is 5.75 Å². The molecule has 1 fully saturated rings. The summed E-state index contributed by atoms with van der Waals surface area (Å²) in [4.78, 5) is 14.3. The zero-order chi connectivity index (χ0) is 17.7. The Hall–Kier alpha value is -1.73. The summed E-state index contributed by atoms with van der Waals surface area (Å²) in [6, 6.07) is 3.12. The van der Waals surface area contributed by atoms with Crippen LogP contribution in [0.15, 0.2) is 30.9 Å². The number of alkyl halides is 3. The van der Waals surface area contributed by atoms with Crippen molar-refractivity contribution >= 4 is 18.3 Å². The number of hydrogen-bond acceptors (Lipinski definition) is 3.